The Kier molecular flexibility index (Phi) is 7.28. The lowest BCUT2D eigenvalue weighted by Crippen LogP contribution is -2.57. The number of ether oxygens (including phenoxy) is 1. The van der Waals surface area contributed by atoms with E-state index in [0.29, 0.717) is 32.0 Å². The Labute approximate surface area is 237 Å². The molecule has 1 aromatic carbocycles. The van der Waals surface area contributed by atoms with Gasteiger partial charge in [0.25, 0.3) is 5.91 Å². The van der Waals surface area contributed by atoms with Gasteiger partial charge in [0.2, 0.25) is 5.91 Å². The number of piperazine rings is 1. The summed E-state index contributed by atoms with van der Waals surface area (Å²) in [5.41, 5.74) is 0.0413. The van der Waals surface area contributed by atoms with Crippen molar-refractivity contribution in [1.82, 2.24) is 19.7 Å². The first-order valence-electron chi connectivity index (χ1n) is 12.9. The zero-order chi connectivity index (χ0) is 28.2. The number of benzene rings is 1. The van der Waals surface area contributed by atoms with Crippen LogP contribution in [0, 0.1) is 5.82 Å². The number of aromatic nitrogens is 1. The van der Waals surface area contributed by atoms with Gasteiger partial charge in [-0.3, -0.25) is 9.59 Å². The lowest BCUT2D eigenvalue weighted by atomic mass is 9.99. The van der Waals surface area contributed by atoms with Crippen molar-refractivity contribution >= 4 is 40.8 Å². The summed E-state index contributed by atoms with van der Waals surface area (Å²) in [5, 5.41) is 0.173. The predicted molar refractivity (Wildman–Crippen MR) is 150 cm³/mol. The van der Waals surface area contributed by atoms with Crippen LogP contribution in [0.3, 0.4) is 0 Å². The highest BCUT2D eigenvalue weighted by molar-refractivity contribution is 6.37. The number of hydrogen-bond donors (Lipinski definition) is 0. The monoisotopic (exact) mass is 575 g/mol. The number of halogens is 3. The molecule has 8 nitrogen and oxygen atoms in total. The summed E-state index contributed by atoms with van der Waals surface area (Å²) in [7, 11) is 4.04. The molecule has 208 valence electrons. The van der Waals surface area contributed by atoms with Crippen LogP contribution in [0.2, 0.25) is 10.0 Å². The van der Waals surface area contributed by atoms with Crippen LogP contribution < -0.4 is 9.64 Å². The minimum Gasteiger partial charge on any atom is -0.489 e. The molecule has 2 unspecified atom stereocenters. The minimum absolute atomic E-state index is 0.0223. The standard InChI is InChI=1S/C28H32Cl2FN5O3/c1-6-20(37)34-10-11-35-17(13-34)15-39-25-22(27(35)38)26(36-14-16(33(4)5)12-28(36,2)3)32-24(23(25)30)21-18(29)8-7-9-19(21)31/h6-9,16-17H,1,10-15H2,2-5H3. The topological polar surface area (TPSA) is 69.2 Å². The van der Waals surface area contributed by atoms with Crippen molar-refractivity contribution < 1.29 is 18.7 Å². The Bertz CT molecular complexity index is 1330. The Morgan fingerprint density at radius 2 is 1.97 bits per heavy atom. The molecule has 3 aliphatic heterocycles. The zero-order valence-electron chi connectivity index (χ0n) is 22.5. The molecule has 2 amide bonds. The smallest absolute Gasteiger partial charge is 0.261 e. The molecule has 0 saturated carbocycles. The second-order valence-corrected chi connectivity index (χ2v) is 11.9. The second kappa shape index (κ2) is 10.3. The Balaban J connectivity index is 1.70. The first-order valence-corrected chi connectivity index (χ1v) is 13.7. The van der Waals surface area contributed by atoms with Gasteiger partial charge in [-0.25, -0.2) is 9.37 Å². The van der Waals surface area contributed by atoms with Crippen LogP contribution in [-0.4, -0.2) is 96.0 Å². The SMILES string of the molecule is C=CC(=O)N1CCN2C(=O)c3c(N4CC(N(C)C)CC4(C)C)nc(-c4c(F)cccc4Cl)c(Cl)c3OCC2C1. The summed E-state index contributed by atoms with van der Waals surface area (Å²) in [6.07, 6.45) is 2.10. The highest BCUT2D eigenvalue weighted by atomic mass is 35.5. The molecule has 3 aliphatic rings. The lowest BCUT2D eigenvalue weighted by Gasteiger charge is -2.40. The van der Waals surface area contributed by atoms with E-state index in [9.17, 15) is 9.59 Å². The van der Waals surface area contributed by atoms with Crippen molar-refractivity contribution in [2.75, 3.05) is 51.8 Å². The number of carbonyl (C=O) groups excluding carboxylic acids is 2. The fourth-order valence-electron chi connectivity index (χ4n) is 5.79. The fraction of sp³-hybridized carbons (Fsp3) is 0.464. The number of carbonyl (C=O) groups is 2. The van der Waals surface area contributed by atoms with Gasteiger partial charge in [-0.1, -0.05) is 35.8 Å². The van der Waals surface area contributed by atoms with Gasteiger partial charge in [0, 0.05) is 37.8 Å². The molecule has 2 saturated heterocycles. The maximum atomic E-state index is 15.2. The summed E-state index contributed by atoms with van der Waals surface area (Å²) in [4.78, 5) is 39.0. The molecule has 0 radical (unpaired) electrons. The maximum Gasteiger partial charge on any atom is 0.261 e. The number of rotatable bonds is 4. The van der Waals surface area contributed by atoms with Gasteiger partial charge in [0.15, 0.2) is 5.75 Å². The Morgan fingerprint density at radius 1 is 1.23 bits per heavy atom. The van der Waals surface area contributed by atoms with E-state index in [0.717, 1.165) is 6.42 Å². The van der Waals surface area contributed by atoms with Gasteiger partial charge >= 0.3 is 0 Å². The van der Waals surface area contributed by atoms with Crippen LogP contribution in [0.1, 0.15) is 30.6 Å². The Hall–Kier alpha value is -2.88. The van der Waals surface area contributed by atoms with Crippen molar-refractivity contribution in [3.63, 3.8) is 0 Å². The number of amides is 2. The van der Waals surface area contributed by atoms with Crippen LogP contribution >= 0.6 is 23.2 Å². The third-order valence-electron chi connectivity index (χ3n) is 7.98. The van der Waals surface area contributed by atoms with E-state index in [1.165, 1.54) is 18.2 Å². The van der Waals surface area contributed by atoms with E-state index in [1.807, 2.05) is 14.1 Å². The van der Waals surface area contributed by atoms with Crippen LogP contribution in [0.4, 0.5) is 10.2 Å². The summed E-state index contributed by atoms with van der Waals surface area (Å²) >= 11 is 13.3. The predicted octanol–water partition coefficient (Wildman–Crippen LogP) is 4.34. The highest BCUT2D eigenvalue weighted by Gasteiger charge is 2.46. The largest absolute Gasteiger partial charge is 0.489 e. The van der Waals surface area contributed by atoms with Crippen molar-refractivity contribution in [2.24, 2.45) is 0 Å². The molecule has 39 heavy (non-hydrogen) atoms. The third-order valence-corrected chi connectivity index (χ3v) is 8.65. The maximum absolute atomic E-state index is 15.2. The third kappa shape index (κ3) is 4.74. The quantitative estimate of drug-likeness (QED) is 0.505. The number of anilines is 1. The number of hydrogen-bond acceptors (Lipinski definition) is 6. The molecule has 2 aromatic rings. The van der Waals surface area contributed by atoms with Gasteiger partial charge in [-0.05, 0) is 52.6 Å². The van der Waals surface area contributed by atoms with Crippen molar-refractivity contribution in [2.45, 2.75) is 37.9 Å². The van der Waals surface area contributed by atoms with Gasteiger partial charge < -0.3 is 24.3 Å². The van der Waals surface area contributed by atoms with Crippen molar-refractivity contribution in [1.29, 1.82) is 0 Å². The molecular weight excluding hydrogens is 544 g/mol. The van der Waals surface area contributed by atoms with E-state index < -0.39 is 11.9 Å². The van der Waals surface area contributed by atoms with Gasteiger partial charge in [-0.15, -0.1) is 0 Å². The van der Waals surface area contributed by atoms with Gasteiger partial charge in [-0.2, -0.15) is 0 Å². The average molecular weight is 577 g/mol. The van der Waals surface area contributed by atoms with Crippen LogP contribution in [0.25, 0.3) is 11.3 Å². The molecule has 4 heterocycles. The van der Waals surface area contributed by atoms with E-state index in [1.54, 1.807) is 15.9 Å². The first-order chi connectivity index (χ1) is 18.4. The van der Waals surface area contributed by atoms with E-state index in [2.05, 4.69) is 30.2 Å². The van der Waals surface area contributed by atoms with Crippen molar-refractivity contribution in [3.8, 4) is 17.0 Å². The second-order valence-electron chi connectivity index (χ2n) is 11.1. The van der Waals surface area contributed by atoms with Crippen molar-refractivity contribution in [3.05, 3.63) is 52.3 Å². The van der Waals surface area contributed by atoms with Crippen LogP contribution in [0.5, 0.6) is 5.75 Å². The molecule has 0 spiro atoms. The summed E-state index contributed by atoms with van der Waals surface area (Å²) < 4.78 is 21.4. The molecular formula is C28H32Cl2FN5O3. The summed E-state index contributed by atoms with van der Waals surface area (Å²) in [5.74, 6) is -0.521. The molecule has 2 fully saturated rings. The minimum atomic E-state index is -0.578. The molecule has 0 N–H and O–H groups in total. The summed E-state index contributed by atoms with van der Waals surface area (Å²) in [6, 6.07) is 4.19. The number of fused-ring (bicyclic) bond motifs is 2. The molecule has 0 aliphatic carbocycles. The van der Waals surface area contributed by atoms with E-state index >= 15 is 4.39 Å². The average Bonchev–Trinajstić information content (AvgIpc) is 3.14. The van der Waals surface area contributed by atoms with Crippen LogP contribution in [-0.2, 0) is 4.79 Å². The molecule has 5 rings (SSSR count). The molecule has 0 bridgehead atoms. The lowest BCUT2D eigenvalue weighted by molar-refractivity contribution is -0.128. The molecule has 2 atom stereocenters. The van der Waals surface area contributed by atoms with E-state index in [4.69, 9.17) is 32.9 Å². The Morgan fingerprint density at radius 3 is 2.62 bits per heavy atom. The van der Waals surface area contributed by atoms with Gasteiger partial charge in [0.1, 0.15) is 28.8 Å². The highest BCUT2D eigenvalue weighted by Crippen LogP contribution is 2.48. The first kappa shape index (κ1) is 27.7. The molecule has 1 aromatic heterocycles. The number of nitrogens with zero attached hydrogens (tertiary/aromatic N) is 5. The molecule has 11 heteroatoms. The summed E-state index contributed by atoms with van der Waals surface area (Å²) in [6.45, 7) is 9.48. The van der Waals surface area contributed by atoms with E-state index in [-0.39, 0.29) is 62.6 Å². The fourth-order valence-corrected chi connectivity index (χ4v) is 6.33. The van der Waals surface area contributed by atoms with Crippen LogP contribution in [0.15, 0.2) is 30.9 Å². The number of likely N-dealkylation sites (N-methyl/N-ethyl adjacent to an activating group) is 1. The normalized spacial score (nSPS) is 22.4. The number of pyridine rings is 1. The van der Waals surface area contributed by atoms with Gasteiger partial charge in [0.05, 0.1) is 22.3 Å². The zero-order valence-corrected chi connectivity index (χ0v) is 24.0.